The molecule has 0 fully saturated rings. The molecule has 0 aliphatic rings. The first kappa shape index (κ1) is 17.3. The molecule has 27 heavy (non-hydrogen) atoms. The number of carbonyl (C=O) groups excluding carboxylic acids is 1. The van der Waals surface area contributed by atoms with E-state index >= 15 is 0 Å². The molecule has 9 heteroatoms. The van der Waals surface area contributed by atoms with Gasteiger partial charge in [-0.25, -0.2) is 19.9 Å². The van der Waals surface area contributed by atoms with Crippen LogP contribution in [0.4, 0.5) is 16.2 Å². The molecule has 0 aliphatic heterocycles. The summed E-state index contributed by atoms with van der Waals surface area (Å²) in [5, 5.41) is 9.10. The van der Waals surface area contributed by atoms with Gasteiger partial charge in [0.1, 0.15) is 0 Å². The Kier molecular flexibility index (Phi) is 4.86. The summed E-state index contributed by atoms with van der Waals surface area (Å²) in [6.45, 7) is 1.90. The van der Waals surface area contributed by atoms with Crippen LogP contribution in [0.15, 0.2) is 54.2 Å². The molecule has 7 nitrogen and oxygen atoms in total. The van der Waals surface area contributed by atoms with Crippen molar-refractivity contribution in [2.75, 3.05) is 10.6 Å². The highest BCUT2D eigenvalue weighted by molar-refractivity contribution is 7.20. The highest BCUT2D eigenvalue weighted by Gasteiger charge is 2.15. The number of carbonyl (C=O) groups is 1. The maximum Gasteiger partial charge on any atom is 0.257 e. The molecule has 0 saturated heterocycles. The number of nitrogens with zero attached hydrogens (tertiary/aromatic N) is 4. The molecule has 134 valence electrons. The van der Waals surface area contributed by atoms with Crippen LogP contribution < -0.4 is 10.6 Å². The summed E-state index contributed by atoms with van der Waals surface area (Å²) in [6, 6.07) is 10.8. The van der Waals surface area contributed by atoms with Crippen LogP contribution in [0.3, 0.4) is 0 Å². The molecule has 4 rings (SSSR count). The Labute approximate surface area is 163 Å². The third-order valence-electron chi connectivity index (χ3n) is 3.57. The first-order valence-corrected chi connectivity index (χ1v) is 9.72. The molecule has 1 aromatic carbocycles. The summed E-state index contributed by atoms with van der Waals surface area (Å²) in [4.78, 5) is 30.5. The van der Waals surface area contributed by atoms with Crippen molar-refractivity contribution in [1.29, 1.82) is 0 Å². The smallest absolute Gasteiger partial charge is 0.257 e. The number of amides is 1. The Bertz CT molecular complexity index is 1060. The van der Waals surface area contributed by atoms with Gasteiger partial charge in [-0.05, 0) is 25.1 Å². The minimum atomic E-state index is -0.183. The SMILES string of the molecule is Cc1nc(NC(=O)c2ccccc2)sc1-c1csc(Nc2ncccn2)n1. The maximum absolute atomic E-state index is 12.3. The van der Waals surface area contributed by atoms with Gasteiger partial charge in [-0.3, -0.25) is 10.1 Å². The minimum Gasteiger partial charge on any atom is -0.300 e. The summed E-state index contributed by atoms with van der Waals surface area (Å²) < 4.78 is 0. The molecule has 3 aromatic heterocycles. The van der Waals surface area contributed by atoms with Crippen molar-refractivity contribution in [3.63, 3.8) is 0 Å². The Balaban J connectivity index is 1.51. The van der Waals surface area contributed by atoms with Gasteiger partial charge in [-0.2, -0.15) is 0 Å². The molecule has 0 spiro atoms. The van der Waals surface area contributed by atoms with Crippen molar-refractivity contribution >= 4 is 44.8 Å². The van der Waals surface area contributed by atoms with Crippen LogP contribution >= 0.6 is 22.7 Å². The molecule has 0 saturated carbocycles. The molecule has 3 heterocycles. The first-order valence-electron chi connectivity index (χ1n) is 8.03. The lowest BCUT2D eigenvalue weighted by atomic mass is 10.2. The zero-order chi connectivity index (χ0) is 18.6. The lowest BCUT2D eigenvalue weighted by Crippen LogP contribution is -2.11. The van der Waals surface area contributed by atoms with Crippen LogP contribution in [0.5, 0.6) is 0 Å². The molecular weight excluding hydrogens is 380 g/mol. The Morgan fingerprint density at radius 3 is 2.56 bits per heavy atom. The molecule has 1 amide bonds. The fourth-order valence-corrected chi connectivity index (χ4v) is 4.03. The number of benzene rings is 1. The molecule has 4 aromatic rings. The van der Waals surface area contributed by atoms with Gasteiger partial charge < -0.3 is 5.32 Å². The van der Waals surface area contributed by atoms with Crippen LogP contribution in [0.1, 0.15) is 16.1 Å². The highest BCUT2D eigenvalue weighted by atomic mass is 32.1. The number of hydrogen-bond donors (Lipinski definition) is 2. The second-order valence-electron chi connectivity index (χ2n) is 5.49. The molecule has 0 unspecified atom stereocenters. The number of nitrogens with one attached hydrogen (secondary N) is 2. The number of aryl methyl sites for hydroxylation is 1. The third-order valence-corrected chi connectivity index (χ3v) is 5.43. The van der Waals surface area contributed by atoms with E-state index in [9.17, 15) is 4.79 Å². The van der Waals surface area contributed by atoms with Crippen LogP contribution in [-0.4, -0.2) is 25.8 Å². The highest BCUT2D eigenvalue weighted by Crippen LogP contribution is 2.35. The first-order chi connectivity index (χ1) is 13.2. The van der Waals surface area contributed by atoms with Gasteiger partial charge in [-0.1, -0.05) is 29.5 Å². The lowest BCUT2D eigenvalue weighted by molar-refractivity contribution is 0.102. The normalized spacial score (nSPS) is 10.6. The van der Waals surface area contributed by atoms with Crippen molar-refractivity contribution < 1.29 is 4.79 Å². The lowest BCUT2D eigenvalue weighted by Gasteiger charge is -2.00. The monoisotopic (exact) mass is 394 g/mol. The van der Waals surface area contributed by atoms with Gasteiger partial charge in [0, 0.05) is 23.3 Å². The average molecular weight is 394 g/mol. The van der Waals surface area contributed by atoms with E-state index in [4.69, 9.17) is 0 Å². The fourth-order valence-electron chi connectivity index (χ4n) is 2.34. The molecule has 0 bridgehead atoms. The van der Waals surface area contributed by atoms with Crippen LogP contribution in [0, 0.1) is 6.92 Å². The van der Waals surface area contributed by atoms with E-state index in [1.54, 1.807) is 30.6 Å². The summed E-state index contributed by atoms with van der Waals surface area (Å²) in [7, 11) is 0. The van der Waals surface area contributed by atoms with E-state index < -0.39 is 0 Å². The van der Waals surface area contributed by atoms with Crippen LogP contribution in [0.25, 0.3) is 10.6 Å². The Morgan fingerprint density at radius 2 is 1.78 bits per heavy atom. The quantitative estimate of drug-likeness (QED) is 0.522. The number of anilines is 3. The van der Waals surface area contributed by atoms with Crippen molar-refractivity contribution in [3.8, 4) is 10.6 Å². The summed E-state index contributed by atoms with van der Waals surface area (Å²) in [6.07, 6.45) is 3.33. The zero-order valence-electron chi connectivity index (χ0n) is 14.2. The van der Waals surface area contributed by atoms with Crippen molar-refractivity contribution in [1.82, 2.24) is 19.9 Å². The number of hydrogen-bond acceptors (Lipinski definition) is 8. The molecule has 2 N–H and O–H groups in total. The van der Waals surface area contributed by atoms with Gasteiger partial charge >= 0.3 is 0 Å². The van der Waals surface area contributed by atoms with Crippen molar-refractivity contribution in [2.45, 2.75) is 6.92 Å². The van der Waals surface area contributed by atoms with E-state index in [1.807, 2.05) is 30.5 Å². The average Bonchev–Trinajstić information content (AvgIpc) is 3.29. The number of aromatic nitrogens is 4. The van der Waals surface area contributed by atoms with Crippen LogP contribution in [0.2, 0.25) is 0 Å². The molecular formula is C18H14N6OS2. The number of rotatable bonds is 5. The van der Waals surface area contributed by atoms with Crippen molar-refractivity contribution in [2.24, 2.45) is 0 Å². The van der Waals surface area contributed by atoms with E-state index in [2.05, 4.69) is 30.6 Å². The van der Waals surface area contributed by atoms with Gasteiger partial charge in [0.2, 0.25) is 5.95 Å². The second kappa shape index (κ2) is 7.60. The molecule has 0 radical (unpaired) electrons. The number of thiazole rings is 2. The van der Waals surface area contributed by atoms with Gasteiger partial charge in [-0.15, -0.1) is 11.3 Å². The standard InChI is InChI=1S/C18H14N6OS2/c1-11-14(13-10-26-17(22-13)24-16-19-8-5-9-20-16)27-18(21-11)23-15(25)12-6-3-2-4-7-12/h2-10H,1H3,(H,21,23,25)(H,19,20,22,24). The fraction of sp³-hybridized carbons (Fsp3) is 0.0556. The van der Waals surface area contributed by atoms with E-state index in [0.717, 1.165) is 16.3 Å². The Morgan fingerprint density at radius 1 is 1.00 bits per heavy atom. The van der Waals surface area contributed by atoms with Crippen LogP contribution in [-0.2, 0) is 0 Å². The van der Waals surface area contributed by atoms with Gasteiger partial charge in [0.25, 0.3) is 5.91 Å². The minimum absolute atomic E-state index is 0.183. The summed E-state index contributed by atoms with van der Waals surface area (Å²) in [5.74, 6) is 0.313. The largest absolute Gasteiger partial charge is 0.300 e. The maximum atomic E-state index is 12.3. The third kappa shape index (κ3) is 3.99. The zero-order valence-corrected chi connectivity index (χ0v) is 15.8. The predicted octanol–water partition coefficient (Wildman–Crippen LogP) is 4.36. The topological polar surface area (TPSA) is 92.7 Å². The predicted molar refractivity (Wildman–Crippen MR) is 108 cm³/mol. The van der Waals surface area contributed by atoms with Gasteiger partial charge in [0.05, 0.1) is 16.3 Å². The van der Waals surface area contributed by atoms with Gasteiger partial charge in [0.15, 0.2) is 10.3 Å². The summed E-state index contributed by atoms with van der Waals surface area (Å²) in [5.41, 5.74) is 2.21. The molecule has 0 aliphatic carbocycles. The van der Waals surface area contributed by atoms with E-state index in [1.165, 1.54) is 22.7 Å². The van der Waals surface area contributed by atoms with Crippen molar-refractivity contribution in [3.05, 3.63) is 65.4 Å². The molecule has 0 atom stereocenters. The Hall–Kier alpha value is -3.17. The second-order valence-corrected chi connectivity index (χ2v) is 7.35. The van der Waals surface area contributed by atoms with E-state index in [0.29, 0.717) is 21.8 Å². The van der Waals surface area contributed by atoms with E-state index in [-0.39, 0.29) is 5.91 Å². The summed E-state index contributed by atoms with van der Waals surface area (Å²) >= 11 is 2.85.